The Labute approximate surface area is 332 Å². The molecule has 2 atom stereocenters. The number of hydrogen-bond donors (Lipinski definition) is 0. The molecule has 0 saturated heterocycles. The van der Waals surface area contributed by atoms with Gasteiger partial charge in [0.2, 0.25) is 0 Å². The Bertz CT molecular complexity index is 2420. The van der Waals surface area contributed by atoms with Gasteiger partial charge < -0.3 is 0 Å². The minimum atomic E-state index is 0.0697. The summed E-state index contributed by atoms with van der Waals surface area (Å²) in [5.41, 5.74) is 9.54. The van der Waals surface area contributed by atoms with Gasteiger partial charge in [-0.15, -0.1) is 45.3 Å². The molecule has 0 bridgehead atoms. The van der Waals surface area contributed by atoms with Gasteiger partial charge in [0.05, 0.1) is 0 Å². The topological polar surface area (TPSA) is 95.2 Å². The molecule has 0 aromatic carbocycles. The molecule has 6 aliphatic rings. The number of rotatable bonds is 4. The predicted molar refractivity (Wildman–Crippen MR) is 222 cm³/mol. The highest BCUT2D eigenvalue weighted by atomic mass is 32.1. The molecule has 2 spiro atoms. The van der Waals surface area contributed by atoms with Gasteiger partial charge in [-0.3, -0.25) is 0 Å². The van der Waals surface area contributed by atoms with Gasteiger partial charge >= 0.3 is 0 Å². The molecule has 2 saturated carbocycles. The second-order valence-corrected chi connectivity index (χ2v) is 19.8. The lowest BCUT2D eigenvalue weighted by molar-refractivity contribution is 0.347. The second kappa shape index (κ2) is 12.9. The van der Waals surface area contributed by atoms with Gasteiger partial charge in [0.1, 0.15) is 35.4 Å². The first-order chi connectivity index (χ1) is 26.5. The Morgan fingerprint density at radius 1 is 0.519 bits per heavy atom. The van der Waals surface area contributed by atoms with Crippen molar-refractivity contribution in [1.29, 1.82) is 21.0 Å². The molecular formula is C46H34N4S4. The SMILES string of the molecule is N#CC(C#N)=Cc1ccc(-c2cc3c(s2)C2=CC4C=C5C(=CC4C=C2C32CCCCC2)c2sc(-c3ccc(C=C(C#N)C#N)s3)cc2C52CCCCC2)s1. The van der Waals surface area contributed by atoms with E-state index in [0.717, 1.165) is 9.75 Å². The van der Waals surface area contributed by atoms with Crippen molar-refractivity contribution in [3.8, 4) is 43.8 Å². The average Bonchev–Trinajstić information content (AvgIpc) is 4.07. The van der Waals surface area contributed by atoms with Crippen molar-refractivity contribution in [2.45, 2.75) is 75.0 Å². The Balaban J connectivity index is 1.05. The molecule has 4 heterocycles. The van der Waals surface area contributed by atoms with Gasteiger partial charge in [-0.1, -0.05) is 62.8 Å². The van der Waals surface area contributed by atoms with Crippen LogP contribution in [0.4, 0.5) is 0 Å². The van der Waals surface area contributed by atoms with E-state index in [1.54, 1.807) is 46.0 Å². The minimum Gasteiger partial charge on any atom is -0.192 e. The van der Waals surface area contributed by atoms with E-state index < -0.39 is 0 Å². The first kappa shape index (κ1) is 33.7. The van der Waals surface area contributed by atoms with Gasteiger partial charge in [-0.05, 0) is 108 Å². The summed E-state index contributed by atoms with van der Waals surface area (Å²) in [6, 6.07) is 21.3. The molecule has 2 fully saturated rings. The van der Waals surface area contributed by atoms with Crippen LogP contribution >= 0.6 is 45.3 Å². The van der Waals surface area contributed by atoms with Crippen LogP contribution < -0.4 is 0 Å². The van der Waals surface area contributed by atoms with E-state index in [1.807, 2.05) is 59.1 Å². The highest BCUT2D eigenvalue weighted by molar-refractivity contribution is 7.23. The van der Waals surface area contributed by atoms with Crippen LogP contribution in [0.5, 0.6) is 0 Å². The molecule has 0 N–H and O–H groups in total. The van der Waals surface area contributed by atoms with Crippen molar-refractivity contribution in [1.82, 2.24) is 0 Å². The molecule has 0 radical (unpaired) electrons. The monoisotopic (exact) mass is 770 g/mol. The van der Waals surface area contributed by atoms with E-state index in [-0.39, 0.29) is 22.0 Å². The Morgan fingerprint density at radius 2 is 0.926 bits per heavy atom. The van der Waals surface area contributed by atoms with Crippen molar-refractivity contribution in [2.24, 2.45) is 11.8 Å². The maximum absolute atomic E-state index is 9.30. The van der Waals surface area contributed by atoms with Crippen molar-refractivity contribution < 1.29 is 0 Å². The molecule has 262 valence electrons. The van der Waals surface area contributed by atoms with Crippen LogP contribution in [0.25, 0.3) is 42.8 Å². The average molecular weight is 771 g/mol. The maximum Gasteiger partial charge on any atom is 0.131 e. The van der Waals surface area contributed by atoms with Crippen LogP contribution in [0, 0.1) is 57.2 Å². The fraction of sp³-hybridized carbons (Fsp3) is 0.304. The third-order valence-corrected chi connectivity index (χ3v) is 17.5. The maximum atomic E-state index is 9.30. The minimum absolute atomic E-state index is 0.0697. The number of nitrogens with zero attached hydrogens (tertiary/aromatic N) is 4. The van der Waals surface area contributed by atoms with Crippen LogP contribution in [0.3, 0.4) is 0 Å². The van der Waals surface area contributed by atoms with Crippen molar-refractivity contribution in [3.05, 3.63) is 114 Å². The van der Waals surface area contributed by atoms with Crippen LogP contribution in [0.1, 0.15) is 94.8 Å². The van der Waals surface area contributed by atoms with Gasteiger partial charge in [0.25, 0.3) is 0 Å². The number of hydrogen-bond acceptors (Lipinski definition) is 8. The van der Waals surface area contributed by atoms with Crippen molar-refractivity contribution >= 4 is 68.6 Å². The van der Waals surface area contributed by atoms with E-state index in [2.05, 4.69) is 48.6 Å². The van der Waals surface area contributed by atoms with Crippen LogP contribution in [-0.2, 0) is 10.8 Å². The van der Waals surface area contributed by atoms with Crippen molar-refractivity contribution in [3.63, 3.8) is 0 Å². The molecule has 8 heteroatoms. The van der Waals surface area contributed by atoms with Crippen molar-refractivity contribution in [2.75, 3.05) is 0 Å². The quantitative estimate of drug-likeness (QED) is 0.193. The predicted octanol–water partition coefficient (Wildman–Crippen LogP) is 13.1. The fourth-order valence-corrected chi connectivity index (χ4v) is 15.0. The zero-order valence-corrected chi connectivity index (χ0v) is 32.8. The van der Waals surface area contributed by atoms with E-state index in [9.17, 15) is 21.0 Å². The molecular weight excluding hydrogens is 737 g/mol. The summed E-state index contributed by atoms with van der Waals surface area (Å²) in [7, 11) is 0. The Hall–Kier alpha value is -4.80. The second-order valence-electron chi connectivity index (χ2n) is 15.4. The smallest absolute Gasteiger partial charge is 0.131 e. The summed E-state index contributed by atoms with van der Waals surface area (Å²) in [4.78, 5) is 9.77. The molecule has 10 rings (SSSR count). The van der Waals surface area contributed by atoms with E-state index in [0.29, 0.717) is 11.8 Å². The third kappa shape index (κ3) is 5.05. The first-order valence-electron chi connectivity index (χ1n) is 18.9. The molecule has 6 aliphatic carbocycles. The van der Waals surface area contributed by atoms with Gasteiger partial charge in [-0.2, -0.15) is 21.0 Å². The van der Waals surface area contributed by atoms with Gasteiger partial charge in [0, 0.05) is 61.7 Å². The number of fused-ring (bicyclic) bond motifs is 11. The van der Waals surface area contributed by atoms with Crippen LogP contribution in [0.2, 0.25) is 0 Å². The third-order valence-electron chi connectivity index (χ3n) is 12.7. The fourth-order valence-electron chi connectivity index (χ4n) is 10.3. The first-order valence-corrected chi connectivity index (χ1v) is 22.2. The largest absolute Gasteiger partial charge is 0.192 e. The molecule has 0 aliphatic heterocycles. The number of allylic oxidation sites excluding steroid dienone is 10. The summed E-state index contributed by atoms with van der Waals surface area (Å²) in [5, 5.41) is 37.2. The van der Waals surface area contributed by atoms with Crippen LogP contribution in [0.15, 0.2) is 83.0 Å². The molecule has 0 amide bonds. The standard InChI is InChI=1S/C46H34N4S4/c47-23-27(24-48)15-31-7-9-39(51-31)41-21-37-43(53-41)33-17-30-20-36-34(18-29(30)19-35(33)45(37)11-3-1-4-12-45)44-38(46(36)13-5-2-6-14-46)22-42(54-44)40-10-8-32(52-40)16-28(25-49)26-50/h7-10,15-22,29-30H,1-6,11-14H2. The van der Waals surface area contributed by atoms with Gasteiger partial charge in [-0.25, -0.2) is 0 Å². The van der Waals surface area contributed by atoms with Crippen LogP contribution in [-0.4, -0.2) is 0 Å². The molecule has 54 heavy (non-hydrogen) atoms. The highest BCUT2D eigenvalue weighted by Gasteiger charge is 2.52. The number of thiophene rings is 4. The van der Waals surface area contributed by atoms with E-state index >= 15 is 0 Å². The van der Waals surface area contributed by atoms with Gasteiger partial charge in [0.15, 0.2) is 0 Å². The number of nitriles is 4. The summed E-state index contributed by atoms with van der Waals surface area (Å²) in [5.74, 6) is 0.670. The Kier molecular flexibility index (Phi) is 8.07. The summed E-state index contributed by atoms with van der Waals surface area (Å²) in [6.07, 6.45) is 26.5. The summed E-state index contributed by atoms with van der Waals surface area (Å²) in [6.45, 7) is 0. The summed E-state index contributed by atoms with van der Waals surface area (Å²) < 4.78 is 0. The lowest BCUT2D eigenvalue weighted by Crippen LogP contribution is -2.31. The molecule has 4 nitrogen and oxygen atoms in total. The lowest BCUT2D eigenvalue weighted by Gasteiger charge is -2.40. The molecule has 4 aromatic heterocycles. The summed E-state index contributed by atoms with van der Waals surface area (Å²) >= 11 is 7.19. The zero-order chi connectivity index (χ0) is 36.6. The molecule has 2 unspecified atom stereocenters. The lowest BCUT2D eigenvalue weighted by atomic mass is 9.63. The highest BCUT2D eigenvalue weighted by Crippen LogP contribution is 2.65. The zero-order valence-electron chi connectivity index (χ0n) is 29.6. The van der Waals surface area contributed by atoms with E-state index in [1.165, 1.54) is 116 Å². The molecule has 4 aromatic rings. The van der Waals surface area contributed by atoms with E-state index in [4.69, 9.17) is 0 Å². The normalized spacial score (nSPS) is 22.0. The Morgan fingerprint density at radius 3 is 1.31 bits per heavy atom.